The van der Waals surface area contributed by atoms with Crippen molar-refractivity contribution >= 4 is 40.8 Å². The summed E-state index contributed by atoms with van der Waals surface area (Å²) in [7, 11) is 1.45. The number of carbonyl (C=O) groups excluding carboxylic acids is 2. The van der Waals surface area contributed by atoms with Gasteiger partial charge in [0.25, 0.3) is 5.91 Å². The molecule has 0 saturated carbocycles. The van der Waals surface area contributed by atoms with Gasteiger partial charge in [-0.25, -0.2) is 4.79 Å². The highest BCUT2D eigenvalue weighted by atomic mass is 35.5. The summed E-state index contributed by atoms with van der Waals surface area (Å²) in [5.41, 5.74) is 0.209. The maximum Gasteiger partial charge on any atom is 0.342 e. The summed E-state index contributed by atoms with van der Waals surface area (Å²) >= 11 is 11.7. The highest BCUT2D eigenvalue weighted by Gasteiger charge is 2.22. The highest BCUT2D eigenvalue weighted by molar-refractivity contribution is 6.31. The SMILES string of the molecule is COc1ccc(Cl)cc1NC(=O)[C@@H](C)OC(=O)c1cc(Cl)ccc1O. The molecule has 0 aliphatic rings. The number of rotatable bonds is 5. The number of amides is 1. The summed E-state index contributed by atoms with van der Waals surface area (Å²) in [6.45, 7) is 1.39. The van der Waals surface area contributed by atoms with Crippen LogP contribution in [0.4, 0.5) is 5.69 Å². The van der Waals surface area contributed by atoms with Gasteiger partial charge in [0.15, 0.2) is 6.10 Å². The average molecular weight is 384 g/mol. The fraction of sp³-hybridized carbons (Fsp3) is 0.176. The van der Waals surface area contributed by atoms with E-state index in [0.717, 1.165) is 0 Å². The first-order chi connectivity index (χ1) is 11.8. The number of nitrogens with one attached hydrogen (secondary N) is 1. The van der Waals surface area contributed by atoms with E-state index in [1.165, 1.54) is 38.3 Å². The van der Waals surface area contributed by atoms with Crippen LogP contribution in [0.5, 0.6) is 11.5 Å². The van der Waals surface area contributed by atoms with E-state index in [0.29, 0.717) is 16.5 Å². The largest absolute Gasteiger partial charge is 0.507 e. The Hall–Kier alpha value is -2.44. The normalized spacial score (nSPS) is 11.5. The highest BCUT2D eigenvalue weighted by Crippen LogP contribution is 2.28. The fourth-order valence-corrected chi connectivity index (χ4v) is 2.31. The summed E-state index contributed by atoms with van der Waals surface area (Å²) in [6, 6.07) is 8.66. The minimum absolute atomic E-state index is 0.132. The number of esters is 1. The molecule has 132 valence electrons. The van der Waals surface area contributed by atoms with Gasteiger partial charge in [0.1, 0.15) is 17.1 Å². The van der Waals surface area contributed by atoms with E-state index < -0.39 is 18.0 Å². The second-order valence-electron chi connectivity index (χ2n) is 5.04. The molecule has 25 heavy (non-hydrogen) atoms. The number of halogens is 2. The third-order valence-electron chi connectivity index (χ3n) is 3.25. The molecular weight excluding hydrogens is 369 g/mol. The Kier molecular flexibility index (Phi) is 6.12. The van der Waals surface area contributed by atoms with Gasteiger partial charge in [-0.1, -0.05) is 23.2 Å². The van der Waals surface area contributed by atoms with Crippen molar-refractivity contribution in [1.29, 1.82) is 0 Å². The van der Waals surface area contributed by atoms with Gasteiger partial charge in [0.2, 0.25) is 0 Å². The zero-order valence-corrected chi connectivity index (χ0v) is 14.9. The van der Waals surface area contributed by atoms with Crippen LogP contribution in [0.25, 0.3) is 0 Å². The van der Waals surface area contributed by atoms with Gasteiger partial charge in [0, 0.05) is 10.0 Å². The van der Waals surface area contributed by atoms with Crippen molar-refractivity contribution < 1.29 is 24.2 Å². The lowest BCUT2D eigenvalue weighted by atomic mass is 10.2. The van der Waals surface area contributed by atoms with Crippen LogP contribution < -0.4 is 10.1 Å². The number of anilines is 1. The molecule has 2 aromatic rings. The van der Waals surface area contributed by atoms with Crippen LogP contribution in [0.1, 0.15) is 17.3 Å². The molecule has 1 atom stereocenters. The number of benzene rings is 2. The quantitative estimate of drug-likeness (QED) is 0.764. The Morgan fingerprint density at radius 1 is 1.12 bits per heavy atom. The van der Waals surface area contributed by atoms with E-state index in [1.807, 2.05) is 0 Å². The number of aromatic hydroxyl groups is 1. The molecule has 0 spiro atoms. The van der Waals surface area contributed by atoms with Gasteiger partial charge >= 0.3 is 5.97 Å². The Labute approximate surface area is 154 Å². The molecule has 0 bridgehead atoms. The van der Waals surface area contributed by atoms with Crippen LogP contribution in [0, 0.1) is 0 Å². The molecule has 2 N–H and O–H groups in total. The van der Waals surface area contributed by atoms with Crippen molar-refractivity contribution in [2.45, 2.75) is 13.0 Å². The second kappa shape index (κ2) is 8.09. The Morgan fingerprint density at radius 2 is 1.76 bits per heavy atom. The molecule has 0 aliphatic heterocycles. The van der Waals surface area contributed by atoms with Gasteiger partial charge in [-0.15, -0.1) is 0 Å². The predicted octanol–water partition coefficient (Wildman–Crippen LogP) is 3.89. The van der Waals surface area contributed by atoms with Gasteiger partial charge < -0.3 is 19.9 Å². The Balaban J connectivity index is 2.09. The number of hydrogen-bond acceptors (Lipinski definition) is 5. The lowest BCUT2D eigenvalue weighted by Crippen LogP contribution is -2.30. The van der Waals surface area contributed by atoms with Crippen LogP contribution in [0.3, 0.4) is 0 Å². The van der Waals surface area contributed by atoms with Crippen molar-refractivity contribution in [2.24, 2.45) is 0 Å². The van der Waals surface area contributed by atoms with E-state index in [-0.39, 0.29) is 16.3 Å². The fourth-order valence-electron chi connectivity index (χ4n) is 1.96. The van der Waals surface area contributed by atoms with Crippen molar-refractivity contribution in [3.8, 4) is 11.5 Å². The first-order valence-electron chi connectivity index (χ1n) is 7.15. The van der Waals surface area contributed by atoms with Gasteiger partial charge in [-0.3, -0.25) is 4.79 Å². The maximum atomic E-state index is 12.2. The minimum atomic E-state index is -1.13. The molecule has 2 rings (SSSR count). The zero-order valence-electron chi connectivity index (χ0n) is 13.4. The summed E-state index contributed by atoms with van der Waals surface area (Å²) < 4.78 is 10.2. The van der Waals surface area contributed by atoms with Crippen molar-refractivity contribution in [3.05, 3.63) is 52.0 Å². The molecule has 0 heterocycles. The van der Waals surface area contributed by atoms with E-state index in [4.69, 9.17) is 32.7 Å². The van der Waals surface area contributed by atoms with Gasteiger partial charge in [0.05, 0.1) is 12.8 Å². The van der Waals surface area contributed by atoms with E-state index in [2.05, 4.69) is 5.32 Å². The van der Waals surface area contributed by atoms with Gasteiger partial charge in [-0.05, 0) is 43.3 Å². The molecule has 0 aromatic heterocycles. The first-order valence-corrected chi connectivity index (χ1v) is 7.91. The third kappa shape index (κ3) is 4.78. The van der Waals surface area contributed by atoms with Crippen LogP contribution in [0.15, 0.2) is 36.4 Å². The van der Waals surface area contributed by atoms with Crippen LogP contribution in [0.2, 0.25) is 10.0 Å². The number of ether oxygens (including phenoxy) is 2. The number of phenolic OH excluding ortho intramolecular Hbond substituents is 1. The van der Waals surface area contributed by atoms with Crippen molar-refractivity contribution in [3.63, 3.8) is 0 Å². The molecule has 8 heteroatoms. The third-order valence-corrected chi connectivity index (χ3v) is 3.72. The Bertz CT molecular complexity index is 810. The smallest absolute Gasteiger partial charge is 0.342 e. The molecule has 0 aliphatic carbocycles. The van der Waals surface area contributed by atoms with Crippen LogP contribution >= 0.6 is 23.2 Å². The molecule has 0 saturated heterocycles. The zero-order chi connectivity index (χ0) is 18.6. The molecule has 6 nitrogen and oxygen atoms in total. The molecule has 1 amide bonds. The summed E-state index contributed by atoms with van der Waals surface area (Å²) in [4.78, 5) is 24.3. The number of carbonyl (C=O) groups is 2. The van der Waals surface area contributed by atoms with Crippen LogP contribution in [-0.2, 0) is 9.53 Å². The lowest BCUT2D eigenvalue weighted by Gasteiger charge is -2.15. The minimum Gasteiger partial charge on any atom is -0.507 e. The average Bonchev–Trinajstić information content (AvgIpc) is 2.57. The van der Waals surface area contributed by atoms with Crippen molar-refractivity contribution in [1.82, 2.24) is 0 Å². The monoisotopic (exact) mass is 383 g/mol. The Morgan fingerprint density at radius 3 is 2.44 bits per heavy atom. The molecule has 0 radical (unpaired) electrons. The van der Waals surface area contributed by atoms with E-state index in [1.54, 1.807) is 12.1 Å². The second-order valence-corrected chi connectivity index (χ2v) is 5.92. The molecule has 2 aromatic carbocycles. The maximum absolute atomic E-state index is 12.2. The molecular formula is C17H15Cl2NO5. The lowest BCUT2D eigenvalue weighted by molar-refractivity contribution is -0.123. The molecule has 0 unspecified atom stereocenters. The van der Waals surface area contributed by atoms with Crippen molar-refractivity contribution in [2.75, 3.05) is 12.4 Å². The standard InChI is InChI=1S/C17H15Cl2NO5/c1-9(25-17(23)12-7-10(18)3-5-14(12)21)16(22)20-13-8-11(19)4-6-15(13)24-2/h3-9,21H,1-2H3,(H,20,22)/t9-/m1/s1. The van der Waals surface area contributed by atoms with E-state index >= 15 is 0 Å². The topological polar surface area (TPSA) is 84.9 Å². The number of methoxy groups -OCH3 is 1. The van der Waals surface area contributed by atoms with Gasteiger partial charge in [-0.2, -0.15) is 0 Å². The summed E-state index contributed by atoms with van der Waals surface area (Å²) in [6.07, 6.45) is -1.13. The summed E-state index contributed by atoms with van der Waals surface area (Å²) in [5.74, 6) is -1.35. The number of phenols is 1. The number of hydrogen-bond donors (Lipinski definition) is 2. The predicted molar refractivity (Wildman–Crippen MR) is 94.6 cm³/mol. The first kappa shape index (κ1) is 18.9. The molecule has 0 fully saturated rings. The summed E-state index contributed by atoms with van der Waals surface area (Å²) in [5, 5.41) is 12.9. The van der Waals surface area contributed by atoms with E-state index in [9.17, 15) is 14.7 Å². The van der Waals surface area contributed by atoms with Crippen LogP contribution in [-0.4, -0.2) is 30.2 Å².